The van der Waals surface area contributed by atoms with Gasteiger partial charge in [-0.15, -0.1) is 0 Å². The van der Waals surface area contributed by atoms with Crippen LogP contribution in [0.3, 0.4) is 0 Å². The highest BCUT2D eigenvalue weighted by atomic mass is 35.5. The fourth-order valence-electron chi connectivity index (χ4n) is 2.87. The van der Waals surface area contributed by atoms with Crippen LogP contribution in [-0.2, 0) is 5.41 Å². The van der Waals surface area contributed by atoms with Crippen LogP contribution in [0.2, 0.25) is 5.02 Å². The van der Waals surface area contributed by atoms with Crippen molar-refractivity contribution in [2.75, 3.05) is 13.2 Å². The molecule has 0 bridgehead atoms. The summed E-state index contributed by atoms with van der Waals surface area (Å²) in [4.78, 5) is 0. The lowest BCUT2D eigenvalue weighted by atomic mass is 9.86. The van der Waals surface area contributed by atoms with Crippen molar-refractivity contribution in [1.82, 2.24) is 0 Å². The highest BCUT2D eigenvalue weighted by Gasteiger charge is 2.41. The van der Waals surface area contributed by atoms with Crippen LogP contribution >= 0.6 is 11.6 Å². The van der Waals surface area contributed by atoms with Gasteiger partial charge in [-0.05, 0) is 17.4 Å². The minimum atomic E-state index is -0.519. The van der Waals surface area contributed by atoms with Gasteiger partial charge in [0.15, 0.2) is 11.5 Å². The van der Waals surface area contributed by atoms with Crippen molar-refractivity contribution in [2.24, 2.45) is 0 Å². The molecule has 1 N–H and O–H groups in total. The van der Waals surface area contributed by atoms with E-state index in [1.54, 1.807) is 6.07 Å². The topological polar surface area (TPSA) is 38.7 Å². The molecule has 1 aliphatic carbocycles. The van der Waals surface area contributed by atoms with Crippen LogP contribution < -0.4 is 9.47 Å². The van der Waals surface area contributed by atoms with Crippen LogP contribution in [0.25, 0.3) is 0 Å². The largest absolute Gasteiger partial charge is 0.486 e. The third kappa shape index (κ3) is 1.53. The molecule has 17 heavy (non-hydrogen) atoms. The number of hydrogen-bond donors (Lipinski definition) is 1. The van der Waals surface area contributed by atoms with Gasteiger partial charge in [0, 0.05) is 16.7 Å². The number of aliphatic hydroxyl groups is 1. The van der Waals surface area contributed by atoms with Gasteiger partial charge in [0.1, 0.15) is 13.2 Å². The zero-order valence-electron chi connectivity index (χ0n) is 9.92. The maximum absolute atomic E-state index is 10.2. The van der Waals surface area contributed by atoms with E-state index < -0.39 is 6.10 Å². The average Bonchev–Trinajstić information content (AvgIpc) is 2.50. The average molecular weight is 255 g/mol. The fourth-order valence-corrected chi connectivity index (χ4v) is 3.33. The lowest BCUT2D eigenvalue weighted by molar-refractivity contribution is 0.142. The first kappa shape index (κ1) is 11.2. The molecule has 0 radical (unpaired) electrons. The van der Waals surface area contributed by atoms with Crippen molar-refractivity contribution in [3.8, 4) is 11.5 Å². The lowest BCUT2D eigenvalue weighted by Gasteiger charge is -2.25. The molecule has 3 rings (SSSR count). The zero-order valence-corrected chi connectivity index (χ0v) is 10.7. The van der Waals surface area contributed by atoms with E-state index >= 15 is 0 Å². The Balaban J connectivity index is 2.28. The maximum Gasteiger partial charge on any atom is 0.167 e. The van der Waals surface area contributed by atoms with Gasteiger partial charge in [0.2, 0.25) is 0 Å². The molecule has 1 atom stereocenters. The molecule has 4 heteroatoms. The molecule has 1 heterocycles. The second-order valence-electron chi connectivity index (χ2n) is 5.28. The molecule has 0 unspecified atom stereocenters. The summed E-state index contributed by atoms with van der Waals surface area (Å²) in [6, 6.07) is 1.80. The quantitative estimate of drug-likeness (QED) is 0.774. The van der Waals surface area contributed by atoms with E-state index in [9.17, 15) is 5.11 Å². The molecule has 1 aromatic carbocycles. The Bertz CT molecular complexity index is 482. The number of hydrogen-bond acceptors (Lipinski definition) is 3. The van der Waals surface area contributed by atoms with Gasteiger partial charge < -0.3 is 14.6 Å². The molecule has 1 aromatic rings. The SMILES string of the molecule is CC1(C)C[C@H](O)c2c3c(cc(Cl)c21)OCCO3. The van der Waals surface area contributed by atoms with Crippen LogP contribution in [0.5, 0.6) is 11.5 Å². The smallest absolute Gasteiger partial charge is 0.167 e. The maximum atomic E-state index is 10.2. The molecule has 3 nitrogen and oxygen atoms in total. The summed E-state index contributed by atoms with van der Waals surface area (Å²) >= 11 is 6.31. The van der Waals surface area contributed by atoms with Crippen LogP contribution in [0.4, 0.5) is 0 Å². The van der Waals surface area contributed by atoms with Gasteiger partial charge in [-0.3, -0.25) is 0 Å². The Morgan fingerprint density at radius 1 is 1.35 bits per heavy atom. The molecule has 0 amide bonds. The van der Waals surface area contributed by atoms with Crippen molar-refractivity contribution >= 4 is 11.6 Å². The first-order chi connectivity index (χ1) is 8.00. The molecule has 0 spiro atoms. The molecule has 2 aliphatic rings. The second-order valence-corrected chi connectivity index (χ2v) is 5.68. The monoisotopic (exact) mass is 254 g/mol. The first-order valence-corrected chi connectivity index (χ1v) is 6.19. The predicted molar refractivity (Wildman–Crippen MR) is 65.0 cm³/mol. The Hall–Kier alpha value is -0.930. The molecule has 1 aliphatic heterocycles. The molecule has 0 aromatic heterocycles. The Morgan fingerprint density at radius 2 is 2.06 bits per heavy atom. The van der Waals surface area contributed by atoms with E-state index in [1.165, 1.54) is 0 Å². The van der Waals surface area contributed by atoms with Gasteiger partial charge in [-0.1, -0.05) is 25.4 Å². The number of ether oxygens (including phenoxy) is 2. The number of halogens is 1. The van der Waals surface area contributed by atoms with Gasteiger partial charge >= 0.3 is 0 Å². The number of benzene rings is 1. The summed E-state index contributed by atoms with van der Waals surface area (Å²) in [5.74, 6) is 1.32. The van der Waals surface area contributed by atoms with Gasteiger partial charge in [-0.2, -0.15) is 0 Å². The molecule has 92 valence electrons. The second kappa shape index (κ2) is 3.53. The van der Waals surface area contributed by atoms with E-state index in [1.807, 2.05) is 0 Å². The first-order valence-electron chi connectivity index (χ1n) is 5.81. The summed E-state index contributed by atoms with van der Waals surface area (Å²) in [5.41, 5.74) is 1.69. The van der Waals surface area contributed by atoms with E-state index in [0.29, 0.717) is 36.2 Å². The predicted octanol–water partition coefficient (Wildman–Crippen LogP) is 2.83. The Labute approximate surface area is 105 Å². The van der Waals surface area contributed by atoms with E-state index in [2.05, 4.69) is 13.8 Å². The zero-order chi connectivity index (χ0) is 12.2. The van der Waals surface area contributed by atoms with Crippen LogP contribution in [0.15, 0.2) is 6.07 Å². The summed E-state index contributed by atoms with van der Waals surface area (Å²) in [5, 5.41) is 10.9. The Morgan fingerprint density at radius 3 is 2.82 bits per heavy atom. The highest BCUT2D eigenvalue weighted by Crippen LogP contribution is 2.54. The molecule has 0 saturated carbocycles. The summed E-state index contributed by atoms with van der Waals surface area (Å²) < 4.78 is 11.2. The molecular weight excluding hydrogens is 240 g/mol. The van der Waals surface area contributed by atoms with Crippen LogP contribution in [0, 0.1) is 0 Å². The van der Waals surface area contributed by atoms with E-state index in [-0.39, 0.29) is 5.41 Å². The third-order valence-electron chi connectivity index (χ3n) is 3.54. The van der Waals surface area contributed by atoms with Gasteiger partial charge in [-0.25, -0.2) is 0 Å². The lowest BCUT2D eigenvalue weighted by Crippen LogP contribution is -2.18. The van der Waals surface area contributed by atoms with Crippen LogP contribution in [0.1, 0.15) is 37.5 Å². The minimum Gasteiger partial charge on any atom is -0.486 e. The van der Waals surface area contributed by atoms with Crippen molar-refractivity contribution in [3.63, 3.8) is 0 Å². The highest BCUT2D eigenvalue weighted by molar-refractivity contribution is 6.32. The summed E-state index contributed by atoms with van der Waals surface area (Å²) in [6.07, 6.45) is 0.149. The van der Waals surface area contributed by atoms with E-state index in [0.717, 1.165) is 11.1 Å². The molecule has 0 fully saturated rings. The van der Waals surface area contributed by atoms with Gasteiger partial charge in [0.05, 0.1) is 6.10 Å². The number of aliphatic hydroxyl groups excluding tert-OH is 1. The third-order valence-corrected chi connectivity index (χ3v) is 3.83. The van der Waals surface area contributed by atoms with Crippen LogP contribution in [-0.4, -0.2) is 18.3 Å². The normalized spacial score (nSPS) is 24.6. The van der Waals surface area contributed by atoms with E-state index in [4.69, 9.17) is 21.1 Å². The van der Waals surface area contributed by atoms with Crippen molar-refractivity contribution in [1.29, 1.82) is 0 Å². The van der Waals surface area contributed by atoms with Gasteiger partial charge in [0.25, 0.3) is 0 Å². The van der Waals surface area contributed by atoms with Crippen molar-refractivity contribution < 1.29 is 14.6 Å². The standard InChI is InChI=1S/C13H15ClO3/c1-13(2)6-8(15)10-11(13)7(14)5-9-12(10)17-4-3-16-9/h5,8,15H,3-4,6H2,1-2H3/t8-/m0/s1. The van der Waals surface area contributed by atoms with Crippen molar-refractivity contribution in [3.05, 3.63) is 22.2 Å². The number of rotatable bonds is 0. The summed E-state index contributed by atoms with van der Waals surface area (Å²) in [7, 11) is 0. The summed E-state index contributed by atoms with van der Waals surface area (Å²) in [6.45, 7) is 5.23. The van der Waals surface area contributed by atoms with Crippen molar-refractivity contribution in [2.45, 2.75) is 31.8 Å². The Kier molecular flexibility index (Phi) is 2.32. The minimum absolute atomic E-state index is 0.123. The molecule has 0 saturated heterocycles. The molecular formula is C13H15ClO3. The fraction of sp³-hybridized carbons (Fsp3) is 0.538. The number of fused-ring (bicyclic) bond motifs is 3.